The van der Waals surface area contributed by atoms with Gasteiger partial charge in [-0.3, -0.25) is 4.57 Å². The zero-order chi connectivity index (χ0) is 17.2. The first-order valence-corrected chi connectivity index (χ1v) is 9.77. The second-order valence-electron chi connectivity index (χ2n) is 5.55. The van der Waals surface area contributed by atoms with Crippen LogP contribution in [-0.4, -0.2) is 24.1 Å². The molecule has 4 rings (SSSR count). The third kappa shape index (κ3) is 3.36. The van der Waals surface area contributed by atoms with Crippen molar-refractivity contribution >= 4 is 33.3 Å². The molecule has 8 heteroatoms. The fraction of sp³-hybridized carbons (Fsp3) is 0.235. The number of pyridine rings is 1. The monoisotopic (exact) mass is 417 g/mol. The second-order valence-corrected chi connectivity index (χ2v) is 7.27. The average molecular weight is 418 g/mol. The summed E-state index contributed by atoms with van der Waals surface area (Å²) in [7, 11) is 0. The second kappa shape index (κ2) is 7.05. The maximum absolute atomic E-state index is 5.64. The molecule has 0 radical (unpaired) electrons. The van der Waals surface area contributed by atoms with Crippen LogP contribution in [0.15, 0.2) is 57.0 Å². The van der Waals surface area contributed by atoms with Crippen molar-refractivity contribution in [2.75, 3.05) is 0 Å². The maximum atomic E-state index is 5.64. The molecule has 0 fully saturated rings. The Kier molecular flexibility index (Phi) is 4.63. The van der Waals surface area contributed by atoms with Crippen molar-refractivity contribution in [3.8, 4) is 11.6 Å². The lowest BCUT2D eigenvalue weighted by Crippen LogP contribution is -2.01. The number of thioether (sulfide) groups is 1. The number of furan rings is 1. The van der Waals surface area contributed by atoms with Gasteiger partial charge in [0.15, 0.2) is 15.6 Å². The van der Waals surface area contributed by atoms with Gasteiger partial charge in [0, 0.05) is 24.7 Å². The molecular formula is C17H16BrN5OS. The minimum absolute atomic E-state index is 0.687. The summed E-state index contributed by atoms with van der Waals surface area (Å²) in [5, 5.41) is 9.56. The van der Waals surface area contributed by atoms with Gasteiger partial charge in [0.05, 0.1) is 5.69 Å². The maximum Gasteiger partial charge on any atom is 0.200 e. The molecule has 4 aromatic rings. The van der Waals surface area contributed by atoms with Crippen LogP contribution in [0.3, 0.4) is 0 Å². The molecule has 0 spiro atoms. The summed E-state index contributed by atoms with van der Waals surface area (Å²) >= 11 is 4.98. The van der Waals surface area contributed by atoms with Crippen LogP contribution in [0.2, 0.25) is 0 Å². The molecule has 0 bridgehead atoms. The van der Waals surface area contributed by atoms with Crippen LogP contribution >= 0.6 is 27.7 Å². The molecule has 0 unspecified atom stereocenters. The van der Waals surface area contributed by atoms with E-state index in [4.69, 9.17) is 4.42 Å². The lowest BCUT2D eigenvalue weighted by molar-refractivity contribution is 0.539. The standard InChI is InChI=1S/C17H16BrN5OS/c1-2-8-23-16(13-6-7-14(18)24-13)20-21-17(23)25-11-12-10-22-9-4-3-5-15(22)19-12/h3-7,9-10H,2,8,11H2,1H3. The van der Waals surface area contributed by atoms with E-state index in [0.717, 1.165) is 41.0 Å². The van der Waals surface area contributed by atoms with Crippen LogP contribution in [0, 0.1) is 0 Å². The van der Waals surface area contributed by atoms with Gasteiger partial charge in [0.25, 0.3) is 0 Å². The zero-order valence-corrected chi connectivity index (χ0v) is 16.0. The van der Waals surface area contributed by atoms with Gasteiger partial charge >= 0.3 is 0 Å². The van der Waals surface area contributed by atoms with Crippen molar-refractivity contribution in [2.45, 2.75) is 30.8 Å². The molecule has 0 aliphatic heterocycles. The van der Waals surface area contributed by atoms with Gasteiger partial charge in [-0.15, -0.1) is 10.2 Å². The summed E-state index contributed by atoms with van der Waals surface area (Å²) < 4.78 is 10.5. The summed E-state index contributed by atoms with van der Waals surface area (Å²) in [6, 6.07) is 9.75. The molecule has 6 nitrogen and oxygen atoms in total. The number of rotatable bonds is 6. The molecule has 0 aliphatic carbocycles. The van der Waals surface area contributed by atoms with Gasteiger partial charge in [-0.1, -0.05) is 24.8 Å². The highest BCUT2D eigenvalue weighted by Gasteiger charge is 2.17. The SMILES string of the molecule is CCCn1c(SCc2cn3ccccc3n2)nnc1-c1ccc(Br)o1. The Bertz CT molecular complexity index is 972. The minimum Gasteiger partial charge on any atom is -0.446 e. The minimum atomic E-state index is 0.687. The van der Waals surface area contributed by atoms with E-state index < -0.39 is 0 Å². The predicted octanol–water partition coefficient (Wildman–Crippen LogP) is 4.65. The first-order valence-electron chi connectivity index (χ1n) is 7.99. The van der Waals surface area contributed by atoms with E-state index in [0.29, 0.717) is 10.4 Å². The van der Waals surface area contributed by atoms with Gasteiger partial charge in [0.2, 0.25) is 5.82 Å². The smallest absolute Gasteiger partial charge is 0.200 e. The normalized spacial score (nSPS) is 11.4. The lowest BCUT2D eigenvalue weighted by atomic mass is 10.4. The topological polar surface area (TPSA) is 61.2 Å². The number of imidazole rings is 1. The highest BCUT2D eigenvalue weighted by molar-refractivity contribution is 9.10. The van der Waals surface area contributed by atoms with Crippen molar-refractivity contribution in [1.82, 2.24) is 24.1 Å². The summed E-state index contributed by atoms with van der Waals surface area (Å²) in [4.78, 5) is 4.63. The van der Waals surface area contributed by atoms with Gasteiger partial charge in [-0.25, -0.2) is 4.98 Å². The van der Waals surface area contributed by atoms with E-state index >= 15 is 0 Å². The Hall–Kier alpha value is -2.06. The number of nitrogens with zero attached hydrogens (tertiary/aromatic N) is 5. The van der Waals surface area contributed by atoms with Crippen LogP contribution in [-0.2, 0) is 12.3 Å². The molecular weight excluding hydrogens is 402 g/mol. The van der Waals surface area contributed by atoms with Crippen molar-refractivity contribution in [2.24, 2.45) is 0 Å². The van der Waals surface area contributed by atoms with E-state index in [1.54, 1.807) is 11.8 Å². The first-order chi connectivity index (χ1) is 12.2. The van der Waals surface area contributed by atoms with Crippen molar-refractivity contribution in [3.05, 3.63) is 53.1 Å². The van der Waals surface area contributed by atoms with Crippen molar-refractivity contribution < 1.29 is 4.42 Å². The number of halogens is 1. The highest BCUT2D eigenvalue weighted by atomic mass is 79.9. The van der Waals surface area contributed by atoms with E-state index in [1.807, 2.05) is 47.1 Å². The van der Waals surface area contributed by atoms with Crippen LogP contribution in [0.25, 0.3) is 17.2 Å². The van der Waals surface area contributed by atoms with Crippen LogP contribution in [0.5, 0.6) is 0 Å². The van der Waals surface area contributed by atoms with Crippen LogP contribution in [0.1, 0.15) is 19.0 Å². The Morgan fingerprint density at radius 2 is 2.12 bits per heavy atom. The fourth-order valence-corrected chi connectivity index (χ4v) is 3.79. The number of hydrogen-bond donors (Lipinski definition) is 0. The molecule has 4 aromatic heterocycles. The summed E-state index contributed by atoms with van der Waals surface area (Å²) in [6.07, 6.45) is 5.05. The predicted molar refractivity (Wildman–Crippen MR) is 100 cm³/mol. The van der Waals surface area contributed by atoms with Crippen LogP contribution < -0.4 is 0 Å². The highest BCUT2D eigenvalue weighted by Crippen LogP contribution is 2.29. The van der Waals surface area contributed by atoms with Gasteiger partial charge in [-0.2, -0.15) is 0 Å². The molecule has 0 saturated heterocycles. The van der Waals surface area contributed by atoms with Crippen molar-refractivity contribution in [1.29, 1.82) is 0 Å². The molecule has 0 aliphatic rings. The molecule has 0 saturated carbocycles. The summed E-state index contributed by atoms with van der Waals surface area (Å²) in [5.41, 5.74) is 1.97. The average Bonchev–Trinajstić information content (AvgIpc) is 3.31. The zero-order valence-electron chi connectivity index (χ0n) is 13.6. The Labute approximate surface area is 157 Å². The molecule has 0 amide bonds. The van der Waals surface area contributed by atoms with Gasteiger partial charge in [0.1, 0.15) is 5.65 Å². The summed E-state index contributed by atoms with van der Waals surface area (Å²) in [6.45, 7) is 2.98. The quantitative estimate of drug-likeness (QED) is 0.427. The van der Waals surface area contributed by atoms with Gasteiger partial charge < -0.3 is 8.82 Å². The molecule has 4 heterocycles. The Balaban J connectivity index is 1.58. The third-order valence-electron chi connectivity index (χ3n) is 3.72. The van der Waals surface area contributed by atoms with E-state index in [2.05, 4.69) is 42.6 Å². The summed E-state index contributed by atoms with van der Waals surface area (Å²) in [5.74, 6) is 2.21. The lowest BCUT2D eigenvalue weighted by Gasteiger charge is -2.06. The third-order valence-corrected chi connectivity index (χ3v) is 5.15. The number of hydrogen-bond acceptors (Lipinski definition) is 5. The Morgan fingerprint density at radius 1 is 1.20 bits per heavy atom. The van der Waals surface area contributed by atoms with E-state index in [-0.39, 0.29) is 0 Å². The number of fused-ring (bicyclic) bond motifs is 1. The van der Waals surface area contributed by atoms with E-state index in [1.165, 1.54) is 0 Å². The number of aromatic nitrogens is 5. The van der Waals surface area contributed by atoms with Crippen molar-refractivity contribution in [3.63, 3.8) is 0 Å². The Morgan fingerprint density at radius 3 is 2.88 bits per heavy atom. The largest absolute Gasteiger partial charge is 0.446 e. The van der Waals surface area contributed by atoms with Gasteiger partial charge in [-0.05, 0) is 46.6 Å². The molecule has 0 N–H and O–H groups in total. The molecule has 0 aromatic carbocycles. The van der Waals surface area contributed by atoms with E-state index in [9.17, 15) is 0 Å². The molecule has 0 atom stereocenters. The molecule has 25 heavy (non-hydrogen) atoms. The fourth-order valence-electron chi connectivity index (χ4n) is 2.63. The molecule has 128 valence electrons. The van der Waals surface area contributed by atoms with Crippen LogP contribution in [0.4, 0.5) is 0 Å². The first kappa shape index (κ1) is 16.4.